The fourth-order valence-corrected chi connectivity index (χ4v) is 2.92. The van der Waals surface area contributed by atoms with E-state index in [2.05, 4.69) is 5.32 Å². The van der Waals surface area contributed by atoms with Gasteiger partial charge in [0.15, 0.2) is 0 Å². The lowest BCUT2D eigenvalue weighted by molar-refractivity contribution is -0.384. The van der Waals surface area contributed by atoms with Crippen LogP contribution < -0.4 is 10.9 Å². The molecule has 8 nitrogen and oxygen atoms in total. The van der Waals surface area contributed by atoms with Crippen LogP contribution in [0.4, 0.5) is 11.4 Å². The van der Waals surface area contributed by atoms with Crippen LogP contribution >= 0.6 is 11.6 Å². The van der Waals surface area contributed by atoms with Crippen LogP contribution in [0.2, 0.25) is 5.02 Å². The summed E-state index contributed by atoms with van der Waals surface area (Å²) in [5.74, 6) is -0.721. The Labute approximate surface area is 169 Å². The molecule has 0 spiro atoms. The first-order valence-corrected chi connectivity index (χ1v) is 8.70. The first-order chi connectivity index (χ1) is 13.9. The number of carbonyl (C=O) groups excluding carboxylic acids is 1. The molecule has 0 fully saturated rings. The predicted molar refractivity (Wildman–Crippen MR) is 107 cm³/mol. The monoisotopic (exact) mass is 408 g/mol. The topological polar surface area (TPSA) is 118 Å². The molecule has 29 heavy (non-hydrogen) atoms. The van der Waals surface area contributed by atoms with E-state index in [0.717, 1.165) is 11.6 Å². The van der Waals surface area contributed by atoms with E-state index in [4.69, 9.17) is 11.6 Å². The summed E-state index contributed by atoms with van der Waals surface area (Å²) < 4.78 is 1.36. The van der Waals surface area contributed by atoms with Gasteiger partial charge in [-0.25, -0.2) is 0 Å². The van der Waals surface area contributed by atoms with E-state index in [1.807, 2.05) is 0 Å². The molecule has 0 saturated carbocycles. The Morgan fingerprint density at radius 3 is 2.69 bits per heavy atom. The normalized spacial score (nSPS) is 10.2. The minimum Gasteiger partial charge on any atom is -0.321 e. The van der Waals surface area contributed by atoms with Gasteiger partial charge in [0.1, 0.15) is 11.6 Å². The van der Waals surface area contributed by atoms with Crippen molar-refractivity contribution in [2.45, 2.75) is 6.54 Å². The Balaban J connectivity index is 1.88. The highest BCUT2D eigenvalue weighted by molar-refractivity contribution is 6.30. The summed E-state index contributed by atoms with van der Waals surface area (Å²) in [6, 6.07) is 15.2. The Bertz CT molecular complexity index is 1210. The Hall–Kier alpha value is -3.96. The SMILES string of the molecule is N#Cc1cc([N+](=O)[O-])ccc1NC(=O)c1cccn(Cc2cccc(Cl)c2)c1=O. The van der Waals surface area contributed by atoms with Gasteiger partial charge in [0.2, 0.25) is 0 Å². The van der Waals surface area contributed by atoms with E-state index in [0.29, 0.717) is 5.02 Å². The number of benzene rings is 2. The highest BCUT2D eigenvalue weighted by atomic mass is 35.5. The molecule has 0 aliphatic heterocycles. The molecule has 0 atom stereocenters. The second-order valence-corrected chi connectivity index (χ2v) is 6.47. The Morgan fingerprint density at radius 2 is 2.00 bits per heavy atom. The van der Waals surface area contributed by atoms with Crippen molar-refractivity contribution in [1.82, 2.24) is 4.57 Å². The van der Waals surface area contributed by atoms with Crippen molar-refractivity contribution in [3.63, 3.8) is 0 Å². The number of hydrogen-bond acceptors (Lipinski definition) is 5. The number of nitrogens with one attached hydrogen (secondary N) is 1. The van der Waals surface area contributed by atoms with Crippen molar-refractivity contribution in [3.05, 3.63) is 103 Å². The number of amides is 1. The van der Waals surface area contributed by atoms with E-state index in [-0.39, 0.29) is 29.0 Å². The molecule has 3 rings (SSSR count). The number of aromatic nitrogens is 1. The molecule has 144 valence electrons. The number of hydrogen-bond donors (Lipinski definition) is 1. The van der Waals surface area contributed by atoms with Crippen LogP contribution in [0.25, 0.3) is 0 Å². The number of nitro groups is 1. The first-order valence-electron chi connectivity index (χ1n) is 8.33. The highest BCUT2D eigenvalue weighted by Gasteiger charge is 2.16. The van der Waals surface area contributed by atoms with Gasteiger partial charge >= 0.3 is 0 Å². The van der Waals surface area contributed by atoms with Gasteiger partial charge in [0.25, 0.3) is 17.2 Å². The van der Waals surface area contributed by atoms with E-state index < -0.39 is 16.4 Å². The number of anilines is 1. The minimum atomic E-state index is -0.721. The summed E-state index contributed by atoms with van der Waals surface area (Å²) in [7, 11) is 0. The number of carbonyl (C=O) groups is 1. The third-order valence-electron chi connectivity index (χ3n) is 4.09. The van der Waals surface area contributed by atoms with Gasteiger partial charge in [-0.15, -0.1) is 0 Å². The van der Waals surface area contributed by atoms with E-state index in [9.17, 15) is 25.0 Å². The van der Waals surface area contributed by atoms with Crippen molar-refractivity contribution in [2.75, 3.05) is 5.32 Å². The van der Waals surface area contributed by atoms with Crippen LogP contribution in [0.3, 0.4) is 0 Å². The Kier molecular flexibility index (Phi) is 5.71. The summed E-state index contributed by atoms with van der Waals surface area (Å²) in [5.41, 5.74) is -0.139. The zero-order valence-corrected chi connectivity index (χ0v) is 15.6. The zero-order valence-electron chi connectivity index (χ0n) is 14.8. The highest BCUT2D eigenvalue weighted by Crippen LogP contribution is 2.21. The quantitative estimate of drug-likeness (QED) is 0.511. The maximum atomic E-state index is 12.7. The van der Waals surface area contributed by atoms with Gasteiger partial charge in [-0.2, -0.15) is 5.26 Å². The van der Waals surface area contributed by atoms with Crippen molar-refractivity contribution >= 4 is 28.9 Å². The van der Waals surface area contributed by atoms with Gasteiger partial charge in [0, 0.05) is 23.4 Å². The summed E-state index contributed by atoms with van der Waals surface area (Å²) in [6.45, 7) is 0.224. The molecule has 1 aromatic heterocycles. The molecule has 0 aliphatic carbocycles. The van der Waals surface area contributed by atoms with Crippen LogP contribution in [0.1, 0.15) is 21.5 Å². The van der Waals surface area contributed by atoms with Gasteiger partial charge in [-0.05, 0) is 35.9 Å². The van der Waals surface area contributed by atoms with Crippen LogP contribution in [-0.4, -0.2) is 15.4 Å². The summed E-state index contributed by atoms with van der Waals surface area (Å²) in [5, 5.41) is 23.0. The number of halogens is 1. The summed E-state index contributed by atoms with van der Waals surface area (Å²) in [4.78, 5) is 35.5. The van der Waals surface area contributed by atoms with E-state index in [1.165, 1.54) is 22.8 Å². The molecule has 0 bridgehead atoms. The average molecular weight is 409 g/mol. The molecule has 0 unspecified atom stereocenters. The molecule has 9 heteroatoms. The van der Waals surface area contributed by atoms with Crippen molar-refractivity contribution < 1.29 is 9.72 Å². The van der Waals surface area contributed by atoms with Gasteiger partial charge in [-0.1, -0.05) is 23.7 Å². The number of nitriles is 1. The standard InChI is InChI=1S/C20H13ClN4O4/c21-15-4-1-3-13(9-15)12-24-8-2-5-17(20(24)27)19(26)23-18-7-6-16(25(28)29)10-14(18)11-22/h1-10H,12H2,(H,23,26). The molecule has 3 aromatic rings. The molecule has 0 aliphatic rings. The van der Waals surface area contributed by atoms with Crippen molar-refractivity contribution in [2.24, 2.45) is 0 Å². The fourth-order valence-electron chi connectivity index (χ4n) is 2.70. The molecule has 1 heterocycles. The fraction of sp³-hybridized carbons (Fsp3) is 0.0500. The molecule has 0 radical (unpaired) electrons. The van der Waals surface area contributed by atoms with E-state index >= 15 is 0 Å². The van der Waals surface area contributed by atoms with Crippen LogP contribution in [-0.2, 0) is 6.54 Å². The number of non-ortho nitro benzene ring substituents is 1. The maximum Gasteiger partial charge on any atom is 0.270 e. The molecular formula is C20H13ClN4O4. The Morgan fingerprint density at radius 1 is 1.21 bits per heavy atom. The lowest BCUT2D eigenvalue weighted by Gasteiger charge is -2.10. The summed E-state index contributed by atoms with van der Waals surface area (Å²) >= 11 is 5.96. The molecule has 1 N–H and O–H groups in total. The molecular weight excluding hydrogens is 396 g/mol. The van der Waals surface area contributed by atoms with Crippen molar-refractivity contribution in [3.8, 4) is 6.07 Å². The lowest BCUT2D eigenvalue weighted by Crippen LogP contribution is -2.29. The predicted octanol–water partition coefficient (Wildman–Crippen LogP) is 3.58. The van der Waals surface area contributed by atoms with Gasteiger partial charge < -0.3 is 9.88 Å². The van der Waals surface area contributed by atoms with Gasteiger partial charge in [-0.3, -0.25) is 19.7 Å². The number of rotatable bonds is 5. The zero-order chi connectivity index (χ0) is 21.0. The molecule has 0 saturated heterocycles. The molecule has 2 aromatic carbocycles. The molecule has 1 amide bonds. The summed E-state index contributed by atoms with van der Waals surface area (Å²) in [6.07, 6.45) is 1.55. The third kappa shape index (κ3) is 4.48. The number of nitrogens with zero attached hydrogens (tertiary/aromatic N) is 3. The van der Waals surface area contributed by atoms with Crippen molar-refractivity contribution in [1.29, 1.82) is 5.26 Å². The van der Waals surface area contributed by atoms with Gasteiger partial charge in [0.05, 0.1) is 22.7 Å². The minimum absolute atomic E-state index is 0.0766. The van der Waals surface area contributed by atoms with E-state index in [1.54, 1.807) is 42.6 Å². The largest absolute Gasteiger partial charge is 0.321 e. The van der Waals surface area contributed by atoms with Crippen LogP contribution in [0, 0.1) is 21.4 Å². The van der Waals surface area contributed by atoms with Crippen LogP contribution in [0.15, 0.2) is 65.6 Å². The average Bonchev–Trinajstić information content (AvgIpc) is 2.69. The number of pyridine rings is 1. The third-order valence-corrected chi connectivity index (χ3v) is 4.32. The second-order valence-electron chi connectivity index (χ2n) is 6.04. The first kappa shape index (κ1) is 19.8. The number of nitro benzene ring substituents is 1. The van der Waals surface area contributed by atoms with Crippen LogP contribution in [0.5, 0.6) is 0 Å². The second kappa shape index (κ2) is 8.37. The smallest absolute Gasteiger partial charge is 0.270 e. The maximum absolute atomic E-state index is 12.7. The lowest BCUT2D eigenvalue weighted by atomic mass is 10.1.